The molecule has 1 aromatic heterocycles. The summed E-state index contributed by atoms with van der Waals surface area (Å²) in [7, 11) is 0. The highest BCUT2D eigenvalue weighted by Crippen LogP contribution is 2.18. The van der Waals surface area contributed by atoms with Crippen molar-refractivity contribution in [2.75, 3.05) is 0 Å². The summed E-state index contributed by atoms with van der Waals surface area (Å²) >= 11 is 0. The van der Waals surface area contributed by atoms with Crippen LogP contribution in [0.3, 0.4) is 0 Å². The first-order valence-corrected chi connectivity index (χ1v) is 9.56. The zero-order valence-corrected chi connectivity index (χ0v) is 16.5. The molecule has 3 aromatic rings. The van der Waals surface area contributed by atoms with E-state index >= 15 is 0 Å². The number of hydrogen-bond donors (Lipinski definition) is 2. The van der Waals surface area contributed by atoms with Gasteiger partial charge in [-0.1, -0.05) is 55.0 Å². The average molecular weight is 388 g/mol. The van der Waals surface area contributed by atoms with Gasteiger partial charge in [0.2, 0.25) is 0 Å². The molecule has 0 saturated heterocycles. The third-order valence-corrected chi connectivity index (χ3v) is 4.55. The molecule has 2 aromatic carbocycles. The summed E-state index contributed by atoms with van der Waals surface area (Å²) < 4.78 is 5.32. The van der Waals surface area contributed by atoms with Gasteiger partial charge in [-0.05, 0) is 43.2 Å². The number of amides is 2. The van der Waals surface area contributed by atoms with Gasteiger partial charge in [-0.3, -0.25) is 9.59 Å². The Hall–Kier alpha value is -3.60. The van der Waals surface area contributed by atoms with Crippen molar-refractivity contribution in [1.82, 2.24) is 10.6 Å². The fourth-order valence-corrected chi connectivity index (χ4v) is 2.91. The highest BCUT2D eigenvalue weighted by Gasteiger charge is 2.19. The fraction of sp³-hybridized carbons (Fsp3) is 0.167. The summed E-state index contributed by atoms with van der Waals surface area (Å²) in [6.45, 7) is 4.02. The molecule has 5 heteroatoms. The molecule has 0 aliphatic carbocycles. The minimum Gasteiger partial charge on any atom is -0.465 e. The van der Waals surface area contributed by atoms with E-state index in [2.05, 4.69) is 10.6 Å². The van der Waals surface area contributed by atoms with Crippen LogP contribution in [0.2, 0.25) is 0 Å². The van der Waals surface area contributed by atoms with Gasteiger partial charge in [0.1, 0.15) is 11.5 Å². The molecule has 5 nitrogen and oxygen atoms in total. The van der Waals surface area contributed by atoms with Crippen LogP contribution in [-0.4, -0.2) is 11.8 Å². The third-order valence-electron chi connectivity index (χ3n) is 4.55. The SMILES string of the molecule is CC[C@H](NC(=O)/C(=C/c1ccco1)NC(=O)c1ccccc1)c1ccc(C)cc1. The van der Waals surface area contributed by atoms with Gasteiger partial charge in [-0.2, -0.15) is 0 Å². The molecular formula is C24H24N2O3. The Morgan fingerprint density at radius 2 is 1.72 bits per heavy atom. The Morgan fingerprint density at radius 3 is 2.34 bits per heavy atom. The van der Waals surface area contributed by atoms with Crippen LogP contribution >= 0.6 is 0 Å². The van der Waals surface area contributed by atoms with E-state index in [4.69, 9.17) is 4.42 Å². The van der Waals surface area contributed by atoms with Gasteiger partial charge in [0, 0.05) is 11.6 Å². The second-order valence-electron chi connectivity index (χ2n) is 6.74. The lowest BCUT2D eigenvalue weighted by atomic mass is 10.0. The quantitative estimate of drug-likeness (QED) is 0.580. The molecule has 0 saturated carbocycles. The standard InChI is InChI=1S/C24H24N2O3/c1-3-21(18-13-11-17(2)12-14-18)25-24(28)22(16-20-10-7-15-29-20)26-23(27)19-8-5-4-6-9-19/h4-16,21H,3H2,1-2H3,(H,25,28)(H,26,27)/b22-16-/t21-/m0/s1. The predicted molar refractivity (Wildman–Crippen MR) is 113 cm³/mol. The van der Waals surface area contributed by atoms with Crippen LogP contribution in [0.15, 0.2) is 83.1 Å². The summed E-state index contributed by atoms with van der Waals surface area (Å²) in [5, 5.41) is 5.72. The fourth-order valence-electron chi connectivity index (χ4n) is 2.91. The maximum atomic E-state index is 13.0. The van der Waals surface area contributed by atoms with Crippen LogP contribution in [0.5, 0.6) is 0 Å². The van der Waals surface area contributed by atoms with Crippen molar-refractivity contribution in [1.29, 1.82) is 0 Å². The third kappa shape index (κ3) is 5.45. The number of nitrogens with one attached hydrogen (secondary N) is 2. The van der Waals surface area contributed by atoms with E-state index in [0.717, 1.165) is 17.5 Å². The largest absolute Gasteiger partial charge is 0.465 e. The Morgan fingerprint density at radius 1 is 1.00 bits per heavy atom. The predicted octanol–water partition coefficient (Wildman–Crippen LogP) is 4.63. The average Bonchev–Trinajstić information content (AvgIpc) is 3.26. The maximum Gasteiger partial charge on any atom is 0.268 e. The summed E-state index contributed by atoms with van der Waals surface area (Å²) in [4.78, 5) is 25.6. The molecule has 29 heavy (non-hydrogen) atoms. The Bertz CT molecular complexity index is 975. The first-order chi connectivity index (χ1) is 14.1. The number of rotatable bonds is 7. The molecule has 2 amide bonds. The zero-order valence-electron chi connectivity index (χ0n) is 16.5. The monoisotopic (exact) mass is 388 g/mol. The molecule has 0 unspecified atom stereocenters. The minimum atomic E-state index is -0.377. The van der Waals surface area contributed by atoms with Crippen LogP contribution < -0.4 is 10.6 Å². The van der Waals surface area contributed by atoms with Crippen LogP contribution in [0.4, 0.5) is 0 Å². The molecule has 148 valence electrons. The van der Waals surface area contributed by atoms with Crippen molar-refractivity contribution < 1.29 is 14.0 Å². The summed E-state index contributed by atoms with van der Waals surface area (Å²) in [6.07, 6.45) is 3.76. The highest BCUT2D eigenvalue weighted by atomic mass is 16.3. The normalized spacial score (nSPS) is 12.3. The maximum absolute atomic E-state index is 13.0. The van der Waals surface area contributed by atoms with Crippen molar-refractivity contribution in [3.8, 4) is 0 Å². The van der Waals surface area contributed by atoms with E-state index < -0.39 is 0 Å². The van der Waals surface area contributed by atoms with Crippen molar-refractivity contribution in [3.05, 3.63) is 101 Å². The number of benzene rings is 2. The van der Waals surface area contributed by atoms with Crippen LogP contribution in [0.1, 0.15) is 46.6 Å². The molecule has 0 aliphatic rings. The second-order valence-corrected chi connectivity index (χ2v) is 6.74. The molecule has 0 fully saturated rings. The van der Waals surface area contributed by atoms with Gasteiger partial charge in [-0.15, -0.1) is 0 Å². The van der Waals surface area contributed by atoms with Crippen LogP contribution in [0, 0.1) is 6.92 Å². The molecule has 0 bridgehead atoms. The van der Waals surface area contributed by atoms with Gasteiger partial charge in [0.25, 0.3) is 11.8 Å². The lowest BCUT2D eigenvalue weighted by Gasteiger charge is -2.19. The molecule has 0 spiro atoms. The van der Waals surface area contributed by atoms with E-state index in [1.165, 1.54) is 12.3 Å². The lowest BCUT2D eigenvalue weighted by Crippen LogP contribution is -2.36. The number of furan rings is 1. The number of aryl methyl sites for hydroxylation is 1. The van der Waals surface area contributed by atoms with Crippen LogP contribution in [-0.2, 0) is 4.79 Å². The number of carbonyl (C=O) groups excluding carboxylic acids is 2. The van der Waals surface area contributed by atoms with Crippen molar-refractivity contribution in [2.24, 2.45) is 0 Å². The van der Waals surface area contributed by atoms with E-state index in [1.54, 1.807) is 36.4 Å². The van der Waals surface area contributed by atoms with Gasteiger partial charge in [0.05, 0.1) is 12.3 Å². The van der Waals surface area contributed by atoms with Crippen molar-refractivity contribution >= 4 is 17.9 Å². The smallest absolute Gasteiger partial charge is 0.268 e. The second kappa shape index (κ2) is 9.55. The molecule has 0 aliphatic heterocycles. The summed E-state index contributed by atoms with van der Waals surface area (Å²) in [5.74, 6) is -0.257. The van der Waals surface area contributed by atoms with E-state index in [0.29, 0.717) is 11.3 Å². The molecule has 2 N–H and O–H groups in total. The van der Waals surface area contributed by atoms with E-state index in [1.807, 2.05) is 44.2 Å². The number of hydrogen-bond acceptors (Lipinski definition) is 3. The van der Waals surface area contributed by atoms with Gasteiger partial charge in [0.15, 0.2) is 0 Å². The molecule has 1 atom stereocenters. The Labute approximate surface area is 170 Å². The molecule has 1 heterocycles. The van der Waals surface area contributed by atoms with E-state index in [9.17, 15) is 9.59 Å². The van der Waals surface area contributed by atoms with Gasteiger partial charge < -0.3 is 15.1 Å². The van der Waals surface area contributed by atoms with Crippen molar-refractivity contribution in [3.63, 3.8) is 0 Å². The summed E-state index contributed by atoms with van der Waals surface area (Å²) in [5.41, 5.74) is 2.76. The van der Waals surface area contributed by atoms with Crippen molar-refractivity contribution in [2.45, 2.75) is 26.3 Å². The Kier molecular flexibility index (Phi) is 6.63. The van der Waals surface area contributed by atoms with Crippen LogP contribution in [0.25, 0.3) is 6.08 Å². The first kappa shape index (κ1) is 20.1. The Balaban J connectivity index is 1.82. The summed E-state index contributed by atoms with van der Waals surface area (Å²) in [6, 6.07) is 20.1. The molecule has 0 radical (unpaired) electrons. The molecule has 3 rings (SSSR count). The first-order valence-electron chi connectivity index (χ1n) is 9.56. The molecular weight excluding hydrogens is 364 g/mol. The lowest BCUT2D eigenvalue weighted by molar-refractivity contribution is -0.118. The highest BCUT2D eigenvalue weighted by molar-refractivity contribution is 6.05. The van der Waals surface area contributed by atoms with Gasteiger partial charge in [-0.25, -0.2) is 0 Å². The van der Waals surface area contributed by atoms with E-state index in [-0.39, 0.29) is 23.6 Å². The zero-order chi connectivity index (χ0) is 20.6. The topological polar surface area (TPSA) is 71.3 Å². The number of carbonyl (C=O) groups is 2. The van der Waals surface area contributed by atoms with Gasteiger partial charge >= 0.3 is 0 Å². The minimum absolute atomic E-state index is 0.124.